The second-order valence-corrected chi connectivity index (χ2v) is 9.22. The zero-order valence-electron chi connectivity index (χ0n) is 19.8. The summed E-state index contributed by atoms with van der Waals surface area (Å²) in [4.78, 5) is 0. The summed E-state index contributed by atoms with van der Waals surface area (Å²) in [6, 6.07) is 15.5. The summed E-state index contributed by atoms with van der Waals surface area (Å²) in [5.41, 5.74) is 3.12. The van der Waals surface area contributed by atoms with Gasteiger partial charge >= 0.3 is 0 Å². The van der Waals surface area contributed by atoms with Crippen LogP contribution in [0.1, 0.15) is 57.4 Å². The van der Waals surface area contributed by atoms with E-state index in [1.54, 1.807) is 18.2 Å². The molecule has 1 nitrogen and oxygen atoms in total. The van der Waals surface area contributed by atoms with Gasteiger partial charge < -0.3 is 4.74 Å². The second-order valence-electron chi connectivity index (χ2n) is 9.22. The molecule has 4 rings (SSSR count). The highest BCUT2D eigenvalue weighted by atomic mass is 19.2. The highest BCUT2D eigenvalue weighted by Gasteiger charge is 2.22. The quantitative estimate of drug-likeness (QED) is 0.250. The van der Waals surface area contributed by atoms with Gasteiger partial charge in [0.25, 0.3) is 0 Å². The van der Waals surface area contributed by atoms with E-state index >= 15 is 0 Å². The first-order valence-electron chi connectivity index (χ1n) is 12.1. The minimum atomic E-state index is -0.989. The Morgan fingerprint density at radius 1 is 0.824 bits per heavy atom. The number of hydrogen-bond donors (Lipinski definition) is 0. The third kappa shape index (κ3) is 5.38. The largest absolute Gasteiger partial charge is 0.490 e. The van der Waals surface area contributed by atoms with Gasteiger partial charge in [-0.15, -0.1) is 0 Å². The molecule has 178 valence electrons. The maximum atomic E-state index is 14.9. The molecule has 0 aliphatic heterocycles. The Balaban J connectivity index is 1.50. The lowest BCUT2D eigenvalue weighted by atomic mass is 9.79. The van der Waals surface area contributed by atoms with E-state index in [2.05, 4.69) is 6.92 Å². The molecular formula is C30H31F3O. The summed E-state index contributed by atoms with van der Waals surface area (Å²) in [5, 5.41) is 0. The summed E-state index contributed by atoms with van der Waals surface area (Å²) < 4.78 is 49.5. The predicted octanol–water partition coefficient (Wildman–Crippen LogP) is 9.08. The summed E-state index contributed by atoms with van der Waals surface area (Å²) >= 11 is 0. The minimum absolute atomic E-state index is 0.0923. The fraction of sp³-hybridized carbons (Fsp3) is 0.333. The second kappa shape index (κ2) is 10.9. The van der Waals surface area contributed by atoms with E-state index in [0.29, 0.717) is 17.9 Å². The highest BCUT2D eigenvalue weighted by molar-refractivity contribution is 5.71. The first-order chi connectivity index (χ1) is 16.5. The summed E-state index contributed by atoms with van der Waals surface area (Å²) in [6.07, 6.45) is 8.78. The molecule has 1 fully saturated rings. The van der Waals surface area contributed by atoms with Crippen molar-refractivity contribution in [3.8, 4) is 28.0 Å². The van der Waals surface area contributed by atoms with Gasteiger partial charge in [0.2, 0.25) is 5.82 Å². The van der Waals surface area contributed by atoms with E-state index in [1.165, 1.54) is 12.1 Å². The van der Waals surface area contributed by atoms with Crippen LogP contribution in [0.15, 0.2) is 66.7 Å². The van der Waals surface area contributed by atoms with Crippen LogP contribution in [0.5, 0.6) is 5.75 Å². The van der Waals surface area contributed by atoms with Crippen LogP contribution in [-0.2, 0) is 0 Å². The fourth-order valence-electron chi connectivity index (χ4n) is 4.72. The van der Waals surface area contributed by atoms with Gasteiger partial charge in [-0.2, -0.15) is 4.39 Å². The minimum Gasteiger partial charge on any atom is -0.490 e. The Morgan fingerprint density at radius 3 is 2.18 bits per heavy atom. The predicted molar refractivity (Wildman–Crippen MR) is 132 cm³/mol. The Morgan fingerprint density at radius 2 is 1.50 bits per heavy atom. The third-order valence-corrected chi connectivity index (χ3v) is 6.81. The monoisotopic (exact) mass is 464 g/mol. The highest BCUT2D eigenvalue weighted by Crippen LogP contribution is 2.38. The van der Waals surface area contributed by atoms with Crippen LogP contribution < -0.4 is 4.74 Å². The van der Waals surface area contributed by atoms with Crippen LogP contribution in [0.25, 0.3) is 22.3 Å². The van der Waals surface area contributed by atoms with Gasteiger partial charge in [0.15, 0.2) is 11.6 Å². The normalized spacial score (nSPS) is 18.4. The van der Waals surface area contributed by atoms with Crippen molar-refractivity contribution in [1.29, 1.82) is 0 Å². The van der Waals surface area contributed by atoms with Gasteiger partial charge in [0.05, 0.1) is 6.61 Å². The number of halogens is 3. The molecule has 1 aliphatic rings. The van der Waals surface area contributed by atoms with Crippen LogP contribution in [0.3, 0.4) is 0 Å². The van der Waals surface area contributed by atoms with Gasteiger partial charge in [-0.3, -0.25) is 0 Å². The lowest BCUT2D eigenvalue weighted by molar-refractivity contribution is 0.301. The number of benzene rings is 3. The number of allylic oxidation sites excluding steroid dienone is 1. The molecule has 0 unspecified atom stereocenters. The van der Waals surface area contributed by atoms with Crippen molar-refractivity contribution in [2.24, 2.45) is 5.92 Å². The van der Waals surface area contributed by atoms with Gasteiger partial charge in [0.1, 0.15) is 5.82 Å². The summed E-state index contributed by atoms with van der Waals surface area (Å²) in [6.45, 7) is 4.43. The van der Waals surface area contributed by atoms with Crippen LogP contribution in [0, 0.1) is 23.4 Å². The van der Waals surface area contributed by atoms with E-state index in [4.69, 9.17) is 4.74 Å². The molecule has 4 heteroatoms. The van der Waals surface area contributed by atoms with E-state index in [1.807, 2.05) is 43.3 Å². The van der Waals surface area contributed by atoms with E-state index in [9.17, 15) is 13.2 Å². The van der Waals surface area contributed by atoms with Crippen molar-refractivity contribution < 1.29 is 17.9 Å². The fourth-order valence-corrected chi connectivity index (χ4v) is 4.72. The maximum absolute atomic E-state index is 14.9. The van der Waals surface area contributed by atoms with Crippen LogP contribution in [0.2, 0.25) is 0 Å². The number of rotatable bonds is 7. The van der Waals surface area contributed by atoms with Crippen molar-refractivity contribution >= 4 is 0 Å². The zero-order valence-corrected chi connectivity index (χ0v) is 19.8. The summed E-state index contributed by atoms with van der Waals surface area (Å²) in [7, 11) is 0. The Kier molecular flexibility index (Phi) is 7.77. The molecule has 3 aromatic carbocycles. The molecule has 0 spiro atoms. The first kappa shape index (κ1) is 24.1. The molecular weight excluding hydrogens is 433 g/mol. The first-order valence-corrected chi connectivity index (χ1v) is 12.1. The molecule has 0 atom stereocenters. The topological polar surface area (TPSA) is 9.23 Å². The molecule has 0 amide bonds. The number of hydrogen-bond acceptors (Lipinski definition) is 1. The van der Waals surface area contributed by atoms with Crippen molar-refractivity contribution in [2.45, 2.75) is 51.9 Å². The van der Waals surface area contributed by atoms with E-state index in [0.717, 1.165) is 48.3 Å². The smallest absolute Gasteiger partial charge is 0.201 e. The van der Waals surface area contributed by atoms with Crippen molar-refractivity contribution in [3.05, 3.63) is 89.8 Å². The van der Waals surface area contributed by atoms with Crippen LogP contribution in [0.4, 0.5) is 13.2 Å². The van der Waals surface area contributed by atoms with Crippen molar-refractivity contribution in [3.63, 3.8) is 0 Å². The maximum Gasteiger partial charge on any atom is 0.201 e. The SMILES string of the molecule is C/C=C\CCOc1ccc(-c2ccc(-c3ccc(C4CCC(C)CC4)c(F)c3)cc2)c(F)c1F. The molecule has 1 aliphatic carbocycles. The Bertz CT molecular complexity index is 1140. The van der Waals surface area contributed by atoms with Gasteiger partial charge in [-0.25, -0.2) is 8.78 Å². The molecule has 34 heavy (non-hydrogen) atoms. The van der Waals surface area contributed by atoms with Crippen LogP contribution >= 0.6 is 0 Å². The number of ether oxygens (including phenoxy) is 1. The average Bonchev–Trinajstić information content (AvgIpc) is 2.85. The molecule has 0 saturated heterocycles. The lowest BCUT2D eigenvalue weighted by Crippen LogP contribution is -2.12. The van der Waals surface area contributed by atoms with Gasteiger partial charge in [-0.05, 0) is 78.5 Å². The van der Waals surface area contributed by atoms with Gasteiger partial charge in [-0.1, -0.05) is 68.3 Å². The molecule has 0 N–H and O–H groups in total. The molecule has 0 bridgehead atoms. The van der Waals surface area contributed by atoms with E-state index in [-0.39, 0.29) is 23.7 Å². The molecule has 1 saturated carbocycles. The average molecular weight is 465 g/mol. The Labute approximate surface area is 200 Å². The van der Waals surface area contributed by atoms with Gasteiger partial charge in [0, 0.05) is 5.56 Å². The lowest BCUT2D eigenvalue weighted by Gasteiger charge is -2.26. The Hall–Kier alpha value is -3.01. The summed E-state index contributed by atoms with van der Waals surface area (Å²) in [5.74, 6) is -1.17. The third-order valence-electron chi connectivity index (χ3n) is 6.81. The molecule has 0 heterocycles. The molecule has 0 aromatic heterocycles. The van der Waals surface area contributed by atoms with Crippen molar-refractivity contribution in [2.75, 3.05) is 6.61 Å². The molecule has 0 radical (unpaired) electrons. The van der Waals surface area contributed by atoms with Crippen molar-refractivity contribution in [1.82, 2.24) is 0 Å². The van der Waals surface area contributed by atoms with E-state index < -0.39 is 11.6 Å². The van der Waals surface area contributed by atoms with Crippen LogP contribution in [-0.4, -0.2) is 6.61 Å². The standard InChI is InChI=1S/C30H31F3O/c1-3-4-5-18-34-28-17-16-26(29(32)30(28)33)23-12-10-21(11-13-23)24-14-15-25(27(31)19-24)22-8-6-20(2)7-9-22/h3-4,10-17,19-20,22H,5-9,18H2,1-2H3/b4-3-. The zero-order chi connectivity index (χ0) is 24.1. The molecule has 3 aromatic rings.